The van der Waals surface area contributed by atoms with Crippen LogP contribution in [0.2, 0.25) is 5.02 Å². The van der Waals surface area contributed by atoms with E-state index in [9.17, 15) is 4.79 Å². The van der Waals surface area contributed by atoms with Crippen LogP contribution in [0.5, 0.6) is 0 Å². The molecule has 0 bridgehead atoms. The Morgan fingerprint density at radius 2 is 2.14 bits per heavy atom. The molecule has 0 aliphatic heterocycles. The molecule has 2 aromatic rings. The number of oxazole rings is 1. The van der Waals surface area contributed by atoms with Crippen LogP contribution in [-0.2, 0) is 15.3 Å². The van der Waals surface area contributed by atoms with E-state index in [1.54, 1.807) is 30.2 Å². The van der Waals surface area contributed by atoms with Crippen molar-refractivity contribution in [3.8, 4) is 11.5 Å². The number of ether oxygens (including phenoxy) is 1. The lowest BCUT2D eigenvalue weighted by atomic mass is 10.2. The molecule has 0 N–H and O–H groups in total. The summed E-state index contributed by atoms with van der Waals surface area (Å²) >= 11 is 7.49. The van der Waals surface area contributed by atoms with Gasteiger partial charge in [0.1, 0.15) is 6.26 Å². The first-order valence-corrected chi connectivity index (χ1v) is 7.90. The summed E-state index contributed by atoms with van der Waals surface area (Å²) in [5.74, 6) is 1.06. The summed E-state index contributed by atoms with van der Waals surface area (Å²) in [4.78, 5) is 15.6. The second-order valence-electron chi connectivity index (χ2n) is 4.55. The number of hydrogen-bond donors (Lipinski definition) is 0. The van der Waals surface area contributed by atoms with Gasteiger partial charge in [-0.2, -0.15) is 11.8 Å². The van der Waals surface area contributed by atoms with Crippen LogP contribution in [0.1, 0.15) is 19.0 Å². The third-order valence-corrected chi connectivity index (χ3v) is 4.29. The van der Waals surface area contributed by atoms with Crippen molar-refractivity contribution in [3.63, 3.8) is 0 Å². The number of esters is 1. The average molecular weight is 326 g/mol. The first kappa shape index (κ1) is 15.9. The minimum Gasteiger partial charge on any atom is -0.469 e. The quantitative estimate of drug-likeness (QED) is 0.746. The van der Waals surface area contributed by atoms with E-state index in [2.05, 4.69) is 9.72 Å². The first-order chi connectivity index (χ1) is 10.1. The smallest absolute Gasteiger partial charge is 0.306 e. The minimum absolute atomic E-state index is 0.174. The van der Waals surface area contributed by atoms with Gasteiger partial charge < -0.3 is 9.15 Å². The zero-order chi connectivity index (χ0) is 15.2. The Morgan fingerprint density at radius 3 is 2.81 bits per heavy atom. The Hall–Kier alpha value is -1.46. The number of halogens is 1. The van der Waals surface area contributed by atoms with Gasteiger partial charge in [0.05, 0.1) is 19.2 Å². The second kappa shape index (κ2) is 7.52. The molecule has 1 unspecified atom stereocenters. The van der Waals surface area contributed by atoms with Gasteiger partial charge in [-0.05, 0) is 24.3 Å². The van der Waals surface area contributed by atoms with Gasteiger partial charge in [-0.25, -0.2) is 4.98 Å². The van der Waals surface area contributed by atoms with Crippen molar-refractivity contribution in [2.75, 3.05) is 7.11 Å². The van der Waals surface area contributed by atoms with Crippen LogP contribution < -0.4 is 0 Å². The van der Waals surface area contributed by atoms with Gasteiger partial charge in [0.15, 0.2) is 0 Å². The van der Waals surface area contributed by atoms with Crippen LogP contribution in [-0.4, -0.2) is 23.3 Å². The molecule has 1 aromatic carbocycles. The lowest BCUT2D eigenvalue weighted by Gasteiger charge is -2.07. The van der Waals surface area contributed by atoms with Gasteiger partial charge in [0.25, 0.3) is 0 Å². The Morgan fingerprint density at radius 1 is 1.43 bits per heavy atom. The van der Waals surface area contributed by atoms with Crippen molar-refractivity contribution in [1.29, 1.82) is 0 Å². The third kappa shape index (κ3) is 4.79. The van der Waals surface area contributed by atoms with Crippen molar-refractivity contribution >= 4 is 29.3 Å². The summed E-state index contributed by atoms with van der Waals surface area (Å²) in [6.45, 7) is 1.99. The van der Waals surface area contributed by atoms with Gasteiger partial charge in [-0.15, -0.1) is 0 Å². The summed E-state index contributed by atoms with van der Waals surface area (Å²) in [6, 6.07) is 7.33. The molecular formula is C15H16ClNO3S. The Bertz CT molecular complexity index is 597. The number of benzene rings is 1. The van der Waals surface area contributed by atoms with Gasteiger partial charge >= 0.3 is 5.97 Å². The maximum atomic E-state index is 11.2. The third-order valence-electron chi connectivity index (χ3n) is 2.84. The topological polar surface area (TPSA) is 52.3 Å². The van der Waals surface area contributed by atoms with Gasteiger partial charge in [-0.1, -0.05) is 18.5 Å². The van der Waals surface area contributed by atoms with Gasteiger partial charge in [0, 0.05) is 21.6 Å². The number of carbonyl (C=O) groups is 1. The van der Waals surface area contributed by atoms with Crippen molar-refractivity contribution < 1.29 is 13.9 Å². The molecule has 21 heavy (non-hydrogen) atoms. The molecule has 112 valence electrons. The van der Waals surface area contributed by atoms with E-state index in [0.717, 1.165) is 11.3 Å². The van der Waals surface area contributed by atoms with E-state index in [0.29, 0.717) is 23.1 Å². The fourth-order valence-corrected chi connectivity index (χ4v) is 2.67. The Labute approximate surface area is 132 Å². The number of hydrogen-bond acceptors (Lipinski definition) is 5. The lowest BCUT2D eigenvalue weighted by molar-refractivity contribution is -0.140. The molecule has 4 nitrogen and oxygen atoms in total. The monoisotopic (exact) mass is 325 g/mol. The summed E-state index contributed by atoms with van der Waals surface area (Å²) < 4.78 is 10.1. The molecule has 0 fully saturated rings. The van der Waals surface area contributed by atoms with Gasteiger partial charge in [-0.3, -0.25) is 4.79 Å². The standard InChI is InChI=1S/C15H16ClNO3S/c1-10(7-14(18)19-2)21-9-13-8-20-15(17-13)11-3-5-12(16)6-4-11/h3-6,8,10H,7,9H2,1-2H3. The van der Waals surface area contributed by atoms with Crippen molar-refractivity contribution in [2.24, 2.45) is 0 Å². The SMILES string of the molecule is COC(=O)CC(C)SCc1coc(-c2ccc(Cl)cc2)n1. The number of thioether (sulfide) groups is 1. The van der Waals surface area contributed by atoms with E-state index in [-0.39, 0.29) is 11.2 Å². The highest BCUT2D eigenvalue weighted by atomic mass is 35.5. The van der Waals surface area contributed by atoms with E-state index in [1.807, 2.05) is 19.1 Å². The molecule has 1 aromatic heterocycles. The molecule has 6 heteroatoms. The molecular weight excluding hydrogens is 310 g/mol. The first-order valence-electron chi connectivity index (χ1n) is 6.47. The Balaban J connectivity index is 1.91. The fraction of sp³-hybridized carbons (Fsp3) is 0.333. The molecule has 0 spiro atoms. The Kier molecular flexibility index (Phi) is 5.70. The fourth-order valence-electron chi connectivity index (χ4n) is 1.70. The highest BCUT2D eigenvalue weighted by Gasteiger charge is 2.12. The molecule has 1 heterocycles. The van der Waals surface area contributed by atoms with Crippen molar-refractivity contribution in [3.05, 3.63) is 41.2 Å². The van der Waals surface area contributed by atoms with Crippen LogP contribution in [0, 0.1) is 0 Å². The molecule has 0 amide bonds. The molecule has 0 saturated carbocycles. The average Bonchev–Trinajstić information content (AvgIpc) is 2.94. The molecule has 2 rings (SSSR count). The predicted octanol–water partition coefficient (Wildman–Crippen LogP) is 4.18. The van der Waals surface area contributed by atoms with E-state index in [1.165, 1.54) is 7.11 Å². The zero-order valence-corrected chi connectivity index (χ0v) is 13.4. The number of aromatic nitrogens is 1. The van der Waals surface area contributed by atoms with Crippen LogP contribution in [0.4, 0.5) is 0 Å². The highest BCUT2D eigenvalue weighted by Crippen LogP contribution is 2.24. The molecule has 0 radical (unpaired) electrons. The number of rotatable bonds is 6. The maximum absolute atomic E-state index is 11.2. The molecule has 0 aliphatic carbocycles. The maximum Gasteiger partial charge on any atom is 0.306 e. The second-order valence-corrected chi connectivity index (χ2v) is 6.42. The van der Waals surface area contributed by atoms with Crippen LogP contribution >= 0.6 is 23.4 Å². The molecule has 1 atom stereocenters. The van der Waals surface area contributed by atoms with Crippen molar-refractivity contribution in [1.82, 2.24) is 4.98 Å². The van der Waals surface area contributed by atoms with Crippen LogP contribution in [0.3, 0.4) is 0 Å². The molecule has 0 saturated heterocycles. The summed E-state index contributed by atoms with van der Waals surface area (Å²) in [5.41, 5.74) is 1.74. The lowest BCUT2D eigenvalue weighted by Crippen LogP contribution is -2.08. The van der Waals surface area contributed by atoms with E-state index < -0.39 is 0 Å². The van der Waals surface area contributed by atoms with E-state index >= 15 is 0 Å². The number of nitrogens with zero attached hydrogens (tertiary/aromatic N) is 1. The van der Waals surface area contributed by atoms with Crippen LogP contribution in [0.25, 0.3) is 11.5 Å². The number of carbonyl (C=O) groups excluding carboxylic acids is 1. The summed E-state index contributed by atoms with van der Waals surface area (Å²) in [7, 11) is 1.40. The predicted molar refractivity (Wildman–Crippen MR) is 84.3 cm³/mol. The summed E-state index contributed by atoms with van der Waals surface area (Å²) in [5, 5.41) is 0.853. The van der Waals surface area contributed by atoms with Gasteiger partial charge in [0.2, 0.25) is 5.89 Å². The van der Waals surface area contributed by atoms with E-state index in [4.69, 9.17) is 16.0 Å². The largest absolute Gasteiger partial charge is 0.469 e. The van der Waals surface area contributed by atoms with Crippen LogP contribution in [0.15, 0.2) is 34.9 Å². The normalized spacial score (nSPS) is 12.1. The zero-order valence-electron chi connectivity index (χ0n) is 11.8. The number of methoxy groups -OCH3 is 1. The minimum atomic E-state index is -0.197. The summed E-state index contributed by atoms with van der Waals surface area (Å²) in [6.07, 6.45) is 2.03. The highest BCUT2D eigenvalue weighted by molar-refractivity contribution is 7.99. The van der Waals surface area contributed by atoms with Crippen molar-refractivity contribution in [2.45, 2.75) is 24.3 Å². The molecule has 0 aliphatic rings.